The number of amides is 3. The number of nitrogens with one attached hydrogen (secondary N) is 1. The van der Waals surface area contributed by atoms with Crippen molar-refractivity contribution < 1.29 is 14.4 Å². The van der Waals surface area contributed by atoms with Gasteiger partial charge in [0.25, 0.3) is 0 Å². The highest BCUT2D eigenvalue weighted by molar-refractivity contribution is 9.10. The summed E-state index contributed by atoms with van der Waals surface area (Å²) in [4.78, 5) is 44.2. The average molecular weight is 452 g/mol. The maximum atomic E-state index is 13.7. The Morgan fingerprint density at radius 2 is 1.86 bits per heavy atom. The van der Waals surface area contributed by atoms with E-state index < -0.39 is 17.4 Å². The molecule has 0 aromatic heterocycles. The molecule has 4 aliphatic rings. The summed E-state index contributed by atoms with van der Waals surface area (Å²) in [6.45, 7) is 0.719. The van der Waals surface area contributed by atoms with Crippen LogP contribution >= 0.6 is 15.9 Å². The van der Waals surface area contributed by atoms with Crippen LogP contribution in [0.5, 0.6) is 0 Å². The number of para-hydroxylation sites is 1. The van der Waals surface area contributed by atoms with Crippen molar-refractivity contribution in [2.24, 2.45) is 11.8 Å². The van der Waals surface area contributed by atoms with Gasteiger partial charge in [-0.3, -0.25) is 19.3 Å². The number of hydrogen-bond acceptors (Lipinski definition) is 4. The molecule has 0 saturated carbocycles. The standard InChI is InChI=1S/C22H18BrN3O3/c23-12-5-3-6-13(11-12)26-19(27)17-16-9-4-10-25(16)22(18(17)20(26)28)14-7-1-2-8-15(14)24-21(22)29/h1-3,5-8,11,16-18H,4,9-10H2,(H,24,29)/t16?,17-,18+,22-/m1/s1. The molecule has 4 aliphatic heterocycles. The van der Waals surface area contributed by atoms with E-state index in [2.05, 4.69) is 26.1 Å². The van der Waals surface area contributed by atoms with Crippen LogP contribution in [0.1, 0.15) is 18.4 Å². The van der Waals surface area contributed by atoms with Crippen LogP contribution in [0, 0.1) is 11.8 Å². The molecule has 2 aromatic rings. The molecule has 1 spiro atoms. The Morgan fingerprint density at radius 3 is 2.69 bits per heavy atom. The lowest BCUT2D eigenvalue weighted by Gasteiger charge is -2.36. The lowest BCUT2D eigenvalue weighted by molar-refractivity contribution is -0.135. The SMILES string of the molecule is O=C1[C@@H]2C3CCCN3[C@@]3(C(=O)Nc4ccccc43)[C@@H]2C(=O)N1c1cccc(Br)c1. The average Bonchev–Trinajstić information content (AvgIpc) is 3.40. The number of imide groups is 1. The predicted octanol–water partition coefficient (Wildman–Crippen LogP) is 2.88. The molecule has 0 aliphatic carbocycles. The Bertz CT molecular complexity index is 1100. The number of anilines is 2. The van der Waals surface area contributed by atoms with E-state index in [1.165, 1.54) is 4.90 Å². The minimum atomic E-state index is -1.10. The summed E-state index contributed by atoms with van der Waals surface area (Å²) in [5, 5.41) is 2.98. The summed E-state index contributed by atoms with van der Waals surface area (Å²) in [5.41, 5.74) is 1.01. The van der Waals surface area contributed by atoms with Crippen LogP contribution in [0.4, 0.5) is 11.4 Å². The first-order valence-electron chi connectivity index (χ1n) is 9.86. The van der Waals surface area contributed by atoms with Crippen molar-refractivity contribution >= 4 is 45.0 Å². The number of fused-ring (bicyclic) bond motifs is 7. The quantitative estimate of drug-likeness (QED) is 0.676. The van der Waals surface area contributed by atoms with Gasteiger partial charge in [0.05, 0.1) is 17.5 Å². The Morgan fingerprint density at radius 1 is 1.03 bits per heavy atom. The second kappa shape index (κ2) is 5.77. The second-order valence-electron chi connectivity index (χ2n) is 8.16. The second-order valence-corrected chi connectivity index (χ2v) is 9.08. The Balaban J connectivity index is 1.56. The number of hydrogen-bond donors (Lipinski definition) is 1. The lowest BCUT2D eigenvalue weighted by Crippen LogP contribution is -2.54. The van der Waals surface area contributed by atoms with Crippen molar-refractivity contribution in [2.75, 3.05) is 16.8 Å². The smallest absolute Gasteiger partial charge is 0.250 e. The first-order valence-corrected chi connectivity index (χ1v) is 10.7. The molecule has 4 atom stereocenters. The monoisotopic (exact) mass is 451 g/mol. The molecule has 0 bridgehead atoms. The van der Waals surface area contributed by atoms with Gasteiger partial charge in [-0.1, -0.05) is 40.2 Å². The minimum Gasteiger partial charge on any atom is -0.324 e. The van der Waals surface area contributed by atoms with Gasteiger partial charge in [-0.2, -0.15) is 0 Å². The van der Waals surface area contributed by atoms with Crippen molar-refractivity contribution in [3.8, 4) is 0 Å². The van der Waals surface area contributed by atoms with E-state index in [1.54, 1.807) is 12.1 Å². The van der Waals surface area contributed by atoms with E-state index >= 15 is 0 Å². The van der Waals surface area contributed by atoms with Crippen LogP contribution in [0.3, 0.4) is 0 Å². The van der Waals surface area contributed by atoms with Crippen molar-refractivity contribution in [1.29, 1.82) is 0 Å². The van der Waals surface area contributed by atoms with Gasteiger partial charge in [-0.15, -0.1) is 0 Å². The molecular weight excluding hydrogens is 434 g/mol. The Kier molecular flexibility index (Phi) is 3.45. The Hall–Kier alpha value is -2.51. The molecule has 3 amide bonds. The highest BCUT2D eigenvalue weighted by Gasteiger charge is 2.74. The van der Waals surface area contributed by atoms with Gasteiger partial charge in [-0.05, 0) is 43.7 Å². The molecule has 3 fully saturated rings. The first kappa shape index (κ1) is 17.4. The molecule has 1 unspecified atom stereocenters. The van der Waals surface area contributed by atoms with Crippen LogP contribution in [0.25, 0.3) is 0 Å². The molecule has 2 aromatic carbocycles. The molecule has 6 nitrogen and oxygen atoms in total. The van der Waals surface area contributed by atoms with Crippen molar-refractivity contribution in [1.82, 2.24) is 4.90 Å². The van der Waals surface area contributed by atoms with Crippen LogP contribution < -0.4 is 10.2 Å². The number of carbonyl (C=O) groups is 3. The molecule has 146 valence electrons. The van der Waals surface area contributed by atoms with E-state index in [1.807, 2.05) is 36.4 Å². The third-order valence-corrected chi connectivity index (χ3v) is 7.46. The van der Waals surface area contributed by atoms with Crippen molar-refractivity contribution in [3.05, 3.63) is 58.6 Å². The molecule has 4 heterocycles. The van der Waals surface area contributed by atoms with Crippen LogP contribution in [-0.4, -0.2) is 35.2 Å². The van der Waals surface area contributed by atoms with Gasteiger partial charge in [0.15, 0.2) is 0 Å². The largest absolute Gasteiger partial charge is 0.324 e. The zero-order chi connectivity index (χ0) is 19.9. The normalized spacial score (nSPS) is 32.7. The van der Waals surface area contributed by atoms with E-state index in [-0.39, 0.29) is 23.8 Å². The van der Waals surface area contributed by atoms with Gasteiger partial charge >= 0.3 is 0 Å². The van der Waals surface area contributed by atoms with E-state index in [0.717, 1.165) is 35.1 Å². The van der Waals surface area contributed by atoms with Gasteiger partial charge in [0, 0.05) is 21.8 Å². The fourth-order valence-electron chi connectivity index (χ4n) is 6.03. The zero-order valence-electron chi connectivity index (χ0n) is 15.5. The van der Waals surface area contributed by atoms with E-state index in [0.29, 0.717) is 5.69 Å². The van der Waals surface area contributed by atoms with Gasteiger partial charge in [0.1, 0.15) is 5.54 Å². The third-order valence-electron chi connectivity index (χ3n) is 6.97. The molecule has 3 saturated heterocycles. The summed E-state index contributed by atoms with van der Waals surface area (Å²) in [6, 6.07) is 14.7. The van der Waals surface area contributed by atoms with Gasteiger partial charge in [-0.25, -0.2) is 4.90 Å². The van der Waals surface area contributed by atoms with Crippen LogP contribution in [0.15, 0.2) is 53.0 Å². The number of nitrogens with zero attached hydrogens (tertiary/aromatic N) is 2. The number of benzene rings is 2. The third kappa shape index (κ3) is 1.97. The lowest BCUT2D eigenvalue weighted by atomic mass is 9.75. The van der Waals surface area contributed by atoms with Crippen LogP contribution in [-0.2, 0) is 19.9 Å². The Labute approximate surface area is 176 Å². The topological polar surface area (TPSA) is 69.7 Å². The first-order chi connectivity index (χ1) is 14.0. The van der Waals surface area contributed by atoms with Crippen molar-refractivity contribution in [3.63, 3.8) is 0 Å². The van der Waals surface area contributed by atoms with Gasteiger partial charge in [0.2, 0.25) is 17.7 Å². The van der Waals surface area contributed by atoms with Gasteiger partial charge < -0.3 is 5.32 Å². The summed E-state index contributed by atoms with van der Waals surface area (Å²) < 4.78 is 0.800. The summed E-state index contributed by atoms with van der Waals surface area (Å²) in [5.74, 6) is -1.86. The maximum Gasteiger partial charge on any atom is 0.250 e. The summed E-state index contributed by atoms with van der Waals surface area (Å²) in [6.07, 6.45) is 1.74. The molecular formula is C22H18BrN3O3. The zero-order valence-corrected chi connectivity index (χ0v) is 17.1. The predicted molar refractivity (Wildman–Crippen MR) is 110 cm³/mol. The van der Waals surface area contributed by atoms with Crippen molar-refractivity contribution in [2.45, 2.75) is 24.4 Å². The fraction of sp³-hybridized carbons (Fsp3) is 0.318. The number of halogens is 1. The highest BCUT2D eigenvalue weighted by Crippen LogP contribution is 2.60. The van der Waals surface area contributed by atoms with Crippen LogP contribution in [0.2, 0.25) is 0 Å². The number of rotatable bonds is 1. The summed E-state index contributed by atoms with van der Waals surface area (Å²) in [7, 11) is 0. The number of carbonyl (C=O) groups excluding carboxylic acids is 3. The highest BCUT2D eigenvalue weighted by atomic mass is 79.9. The molecule has 6 rings (SSSR count). The molecule has 0 radical (unpaired) electrons. The molecule has 1 N–H and O–H groups in total. The maximum absolute atomic E-state index is 13.7. The fourth-order valence-corrected chi connectivity index (χ4v) is 6.42. The minimum absolute atomic E-state index is 0.0921. The molecule has 29 heavy (non-hydrogen) atoms. The van der Waals surface area contributed by atoms with E-state index in [4.69, 9.17) is 0 Å². The molecule has 7 heteroatoms. The van der Waals surface area contributed by atoms with E-state index in [9.17, 15) is 14.4 Å². The summed E-state index contributed by atoms with van der Waals surface area (Å²) >= 11 is 3.42.